The zero-order valence-electron chi connectivity index (χ0n) is 10.1. The molecule has 1 aliphatic rings. The number of fused-ring (bicyclic) bond motifs is 1. The van der Waals surface area contributed by atoms with E-state index in [4.69, 9.17) is 4.74 Å². The van der Waals surface area contributed by atoms with Crippen LogP contribution in [0.3, 0.4) is 0 Å². The fourth-order valence-electron chi connectivity index (χ4n) is 2.49. The molecule has 94 valence electrons. The van der Waals surface area contributed by atoms with Crippen LogP contribution in [0, 0.1) is 0 Å². The Morgan fingerprint density at radius 2 is 2.11 bits per heavy atom. The van der Waals surface area contributed by atoms with Gasteiger partial charge in [-0.05, 0) is 58.5 Å². The van der Waals surface area contributed by atoms with Crippen LogP contribution in [0.2, 0.25) is 0 Å². The lowest BCUT2D eigenvalue weighted by atomic mass is 9.89. The quantitative estimate of drug-likeness (QED) is 0.763. The van der Waals surface area contributed by atoms with Crippen LogP contribution in [0.15, 0.2) is 40.2 Å². The molecular formula is C15H15BrOS. The summed E-state index contributed by atoms with van der Waals surface area (Å²) in [6.07, 6.45) is 3.84. The molecule has 0 aliphatic heterocycles. The van der Waals surface area contributed by atoms with Crippen LogP contribution >= 0.6 is 27.3 Å². The monoisotopic (exact) mass is 322 g/mol. The molecule has 0 saturated carbocycles. The van der Waals surface area contributed by atoms with Crippen molar-refractivity contribution in [3.63, 3.8) is 0 Å². The molecule has 1 atom stereocenters. The smallest absolute Gasteiger partial charge is 0.0832 e. The molecule has 1 heterocycles. The van der Waals surface area contributed by atoms with Gasteiger partial charge in [-0.2, -0.15) is 0 Å². The third kappa shape index (κ3) is 2.68. The molecule has 1 nitrogen and oxygen atoms in total. The van der Waals surface area contributed by atoms with E-state index in [1.807, 2.05) is 0 Å². The van der Waals surface area contributed by atoms with Crippen LogP contribution in [0.25, 0.3) is 0 Å². The van der Waals surface area contributed by atoms with E-state index < -0.39 is 0 Å². The van der Waals surface area contributed by atoms with E-state index in [2.05, 4.69) is 52.3 Å². The third-order valence-corrected chi connectivity index (χ3v) is 4.97. The van der Waals surface area contributed by atoms with Crippen molar-refractivity contribution in [1.29, 1.82) is 0 Å². The molecule has 0 spiro atoms. The van der Waals surface area contributed by atoms with Crippen molar-refractivity contribution in [2.24, 2.45) is 0 Å². The summed E-state index contributed by atoms with van der Waals surface area (Å²) in [7, 11) is 0. The Hall–Kier alpha value is -0.640. The minimum atomic E-state index is 0.274. The molecule has 0 radical (unpaired) electrons. The van der Waals surface area contributed by atoms with E-state index in [1.54, 1.807) is 11.3 Å². The first kappa shape index (κ1) is 12.4. The van der Waals surface area contributed by atoms with Crippen LogP contribution in [0.4, 0.5) is 0 Å². The second-order valence-electron chi connectivity index (χ2n) is 4.60. The van der Waals surface area contributed by atoms with Crippen molar-refractivity contribution >= 4 is 27.3 Å². The lowest BCUT2D eigenvalue weighted by Crippen LogP contribution is -2.12. The minimum absolute atomic E-state index is 0.274. The van der Waals surface area contributed by atoms with Crippen LogP contribution in [0.5, 0.6) is 0 Å². The van der Waals surface area contributed by atoms with Gasteiger partial charge in [-0.25, -0.2) is 0 Å². The van der Waals surface area contributed by atoms with Crippen LogP contribution in [0.1, 0.15) is 34.9 Å². The summed E-state index contributed by atoms with van der Waals surface area (Å²) < 4.78 is 7.27. The summed E-state index contributed by atoms with van der Waals surface area (Å²) in [5.41, 5.74) is 2.85. The second kappa shape index (κ2) is 5.55. The Morgan fingerprint density at radius 3 is 2.94 bits per heavy atom. The first-order valence-corrected chi connectivity index (χ1v) is 7.87. The highest BCUT2D eigenvalue weighted by molar-refractivity contribution is 9.11. The highest BCUT2D eigenvalue weighted by atomic mass is 79.9. The van der Waals surface area contributed by atoms with E-state index in [0.717, 1.165) is 13.0 Å². The number of hydrogen-bond acceptors (Lipinski definition) is 2. The van der Waals surface area contributed by atoms with Crippen molar-refractivity contribution in [2.75, 3.05) is 0 Å². The third-order valence-electron chi connectivity index (χ3n) is 3.37. The maximum Gasteiger partial charge on any atom is 0.0832 e. The normalized spacial score (nSPS) is 18.6. The molecule has 3 rings (SSSR count). The Balaban J connectivity index is 1.71. The van der Waals surface area contributed by atoms with Crippen molar-refractivity contribution in [3.05, 3.63) is 56.2 Å². The highest BCUT2D eigenvalue weighted by Crippen LogP contribution is 2.33. The number of aryl methyl sites for hydroxylation is 1. The number of hydrogen-bond donors (Lipinski definition) is 0. The van der Waals surface area contributed by atoms with E-state index in [1.165, 1.54) is 32.6 Å². The maximum atomic E-state index is 6.10. The molecule has 2 aromatic rings. The average molecular weight is 323 g/mol. The zero-order chi connectivity index (χ0) is 12.4. The molecular weight excluding hydrogens is 308 g/mol. The number of benzene rings is 1. The minimum Gasteiger partial charge on any atom is -0.368 e. The predicted octanol–water partition coefficient (Wildman–Crippen LogP) is 5.10. The van der Waals surface area contributed by atoms with E-state index in [9.17, 15) is 0 Å². The SMILES string of the molecule is Brc1ccc(COC2CCCc3ccccc32)s1. The Bertz CT molecular complexity index is 535. The summed E-state index contributed by atoms with van der Waals surface area (Å²) in [5, 5.41) is 0. The maximum absolute atomic E-state index is 6.10. The lowest BCUT2D eigenvalue weighted by molar-refractivity contribution is 0.0297. The number of thiophene rings is 1. The van der Waals surface area contributed by atoms with Gasteiger partial charge in [-0.15, -0.1) is 11.3 Å². The number of rotatable bonds is 3. The van der Waals surface area contributed by atoms with Gasteiger partial charge in [0.05, 0.1) is 16.5 Å². The standard InChI is InChI=1S/C15H15BrOS/c16-15-9-8-12(18-15)10-17-14-7-3-5-11-4-1-2-6-13(11)14/h1-2,4,6,8-9,14H,3,5,7,10H2. The summed E-state index contributed by atoms with van der Waals surface area (Å²) in [4.78, 5) is 1.28. The summed E-state index contributed by atoms with van der Waals surface area (Å²) in [6, 6.07) is 12.9. The van der Waals surface area contributed by atoms with E-state index in [-0.39, 0.29) is 6.10 Å². The summed E-state index contributed by atoms with van der Waals surface area (Å²) in [5.74, 6) is 0. The van der Waals surface area contributed by atoms with Gasteiger partial charge in [0.1, 0.15) is 0 Å². The molecule has 0 fully saturated rings. The van der Waals surface area contributed by atoms with Gasteiger partial charge < -0.3 is 4.74 Å². The zero-order valence-corrected chi connectivity index (χ0v) is 12.5. The molecule has 1 unspecified atom stereocenters. The van der Waals surface area contributed by atoms with Crippen molar-refractivity contribution in [1.82, 2.24) is 0 Å². The van der Waals surface area contributed by atoms with Gasteiger partial charge >= 0.3 is 0 Å². The Kier molecular flexibility index (Phi) is 3.83. The summed E-state index contributed by atoms with van der Waals surface area (Å²) >= 11 is 5.24. The lowest BCUT2D eigenvalue weighted by Gasteiger charge is -2.25. The van der Waals surface area contributed by atoms with Gasteiger partial charge in [0.15, 0.2) is 0 Å². The van der Waals surface area contributed by atoms with Crippen molar-refractivity contribution in [2.45, 2.75) is 32.0 Å². The molecule has 1 aromatic heterocycles. The van der Waals surface area contributed by atoms with Crippen molar-refractivity contribution < 1.29 is 4.74 Å². The van der Waals surface area contributed by atoms with Gasteiger partial charge in [-0.3, -0.25) is 0 Å². The first-order chi connectivity index (χ1) is 8.83. The molecule has 3 heteroatoms. The van der Waals surface area contributed by atoms with E-state index in [0.29, 0.717) is 0 Å². The van der Waals surface area contributed by atoms with Crippen LogP contribution in [-0.4, -0.2) is 0 Å². The number of ether oxygens (including phenoxy) is 1. The van der Waals surface area contributed by atoms with E-state index >= 15 is 0 Å². The average Bonchev–Trinajstić information content (AvgIpc) is 2.82. The predicted molar refractivity (Wildman–Crippen MR) is 78.9 cm³/mol. The van der Waals surface area contributed by atoms with Crippen LogP contribution in [-0.2, 0) is 17.8 Å². The first-order valence-electron chi connectivity index (χ1n) is 6.26. The number of halogens is 1. The molecule has 0 saturated heterocycles. The Morgan fingerprint density at radius 1 is 1.22 bits per heavy atom. The molecule has 1 aromatic carbocycles. The van der Waals surface area contributed by atoms with Crippen LogP contribution < -0.4 is 0 Å². The Labute approximate surface area is 120 Å². The molecule has 18 heavy (non-hydrogen) atoms. The second-order valence-corrected chi connectivity index (χ2v) is 7.14. The van der Waals surface area contributed by atoms with Gasteiger partial charge in [0.2, 0.25) is 0 Å². The molecule has 0 N–H and O–H groups in total. The summed E-state index contributed by atoms with van der Waals surface area (Å²) in [6.45, 7) is 0.718. The molecule has 1 aliphatic carbocycles. The molecule has 0 amide bonds. The fourth-order valence-corrected chi connectivity index (χ4v) is 3.90. The van der Waals surface area contributed by atoms with Gasteiger partial charge in [0.25, 0.3) is 0 Å². The topological polar surface area (TPSA) is 9.23 Å². The largest absolute Gasteiger partial charge is 0.368 e. The van der Waals surface area contributed by atoms with Gasteiger partial charge in [0, 0.05) is 4.88 Å². The van der Waals surface area contributed by atoms with Gasteiger partial charge in [-0.1, -0.05) is 24.3 Å². The highest BCUT2D eigenvalue weighted by Gasteiger charge is 2.20. The van der Waals surface area contributed by atoms with Crippen molar-refractivity contribution in [3.8, 4) is 0 Å². The molecule has 0 bridgehead atoms. The fraction of sp³-hybridized carbons (Fsp3) is 0.333.